The molecule has 130 valence electrons. The van der Waals surface area contributed by atoms with Crippen LogP contribution < -0.4 is 5.32 Å². The number of amides is 1. The smallest absolute Gasteiger partial charge is 0.272 e. The van der Waals surface area contributed by atoms with Crippen LogP contribution in [0.5, 0.6) is 5.75 Å². The highest BCUT2D eigenvalue weighted by molar-refractivity contribution is 6.37. The molecule has 2 N–H and O–H groups in total. The first kappa shape index (κ1) is 17.4. The Hall–Kier alpha value is -2.38. The van der Waals surface area contributed by atoms with Crippen molar-refractivity contribution >= 4 is 40.5 Å². The molecule has 6 nitrogen and oxygen atoms in total. The monoisotopic (exact) mass is 384 g/mol. The van der Waals surface area contributed by atoms with Gasteiger partial charge in [0.05, 0.1) is 26.1 Å². The number of halogens is 3. The molecular formula is C16H11Cl2FN2O4. The summed E-state index contributed by atoms with van der Waals surface area (Å²) >= 11 is 12.3. The van der Waals surface area contributed by atoms with E-state index < -0.39 is 27.8 Å². The fraction of sp³-hybridized carbons (Fsp3) is 0.188. The van der Waals surface area contributed by atoms with E-state index in [9.17, 15) is 24.4 Å². The zero-order valence-corrected chi connectivity index (χ0v) is 14.1. The predicted octanol–water partition coefficient (Wildman–Crippen LogP) is 4.42. The second-order valence-corrected chi connectivity index (χ2v) is 6.55. The molecule has 0 saturated heterocycles. The first-order valence-corrected chi connectivity index (χ1v) is 7.94. The molecule has 1 aliphatic carbocycles. The third kappa shape index (κ3) is 3.12. The molecule has 9 heteroatoms. The van der Waals surface area contributed by atoms with Crippen molar-refractivity contribution < 1.29 is 19.2 Å². The van der Waals surface area contributed by atoms with Gasteiger partial charge >= 0.3 is 0 Å². The molecule has 0 aromatic heterocycles. The summed E-state index contributed by atoms with van der Waals surface area (Å²) in [4.78, 5) is 22.9. The molecule has 0 radical (unpaired) electrons. The number of phenols is 1. The summed E-state index contributed by atoms with van der Waals surface area (Å²) < 4.78 is 13.0. The van der Waals surface area contributed by atoms with Crippen molar-refractivity contribution in [3.05, 3.63) is 61.9 Å². The molecule has 1 saturated carbocycles. The molecule has 0 unspecified atom stereocenters. The topological polar surface area (TPSA) is 92.5 Å². The van der Waals surface area contributed by atoms with Crippen molar-refractivity contribution in [3.63, 3.8) is 0 Å². The number of anilines is 1. The summed E-state index contributed by atoms with van der Waals surface area (Å²) in [6.45, 7) is 0. The molecule has 25 heavy (non-hydrogen) atoms. The summed E-state index contributed by atoms with van der Waals surface area (Å²) in [7, 11) is 0. The van der Waals surface area contributed by atoms with Gasteiger partial charge in [-0.05, 0) is 25.0 Å². The number of aromatic hydroxyl groups is 1. The van der Waals surface area contributed by atoms with Crippen LogP contribution in [0.25, 0.3) is 0 Å². The molecule has 0 bridgehead atoms. The van der Waals surface area contributed by atoms with Crippen molar-refractivity contribution in [1.82, 2.24) is 0 Å². The Morgan fingerprint density at radius 3 is 2.32 bits per heavy atom. The third-order valence-electron chi connectivity index (χ3n) is 4.11. The van der Waals surface area contributed by atoms with Crippen LogP contribution in [-0.4, -0.2) is 15.9 Å². The van der Waals surface area contributed by atoms with Gasteiger partial charge < -0.3 is 10.4 Å². The normalized spacial score (nSPS) is 14.8. The molecule has 0 heterocycles. The summed E-state index contributed by atoms with van der Waals surface area (Å²) in [5, 5.41) is 23.2. The van der Waals surface area contributed by atoms with Crippen molar-refractivity contribution in [2.45, 2.75) is 18.3 Å². The number of hydrogen-bond donors (Lipinski definition) is 2. The highest BCUT2D eigenvalue weighted by Crippen LogP contribution is 2.54. The zero-order valence-electron chi connectivity index (χ0n) is 12.6. The molecule has 0 atom stereocenters. The van der Waals surface area contributed by atoms with Crippen molar-refractivity contribution in [2.75, 3.05) is 5.32 Å². The fourth-order valence-electron chi connectivity index (χ4n) is 2.69. The van der Waals surface area contributed by atoms with Gasteiger partial charge in [-0.25, -0.2) is 4.39 Å². The maximum Gasteiger partial charge on any atom is 0.272 e. The number of hydrogen-bond acceptors (Lipinski definition) is 4. The van der Waals surface area contributed by atoms with Crippen LogP contribution >= 0.6 is 23.2 Å². The van der Waals surface area contributed by atoms with Gasteiger partial charge in [-0.1, -0.05) is 23.2 Å². The summed E-state index contributed by atoms with van der Waals surface area (Å²) in [6.07, 6.45) is 0.885. The minimum atomic E-state index is -1.04. The highest BCUT2D eigenvalue weighted by Gasteiger charge is 2.54. The SMILES string of the molecule is O=C(Nc1ccc(F)cc1O)C1(c2c(Cl)cc([N+](=O)[O-])cc2Cl)CC1. The lowest BCUT2D eigenvalue weighted by Gasteiger charge is -2.19. The minimum absolute atomic E-state index is 0.0233. The number of nitrogens with zero attached hydrogens (tertiary/aromatic N) is 1. The van der Waals surface area contributed by atoms with E-state index >= 15 is 0 Å². The van der Waals surface area contributed by atoms with Crippen LogP contribution in [0, 0.1) is 15.9 Å². The second-order valence-electron chi connectivity index (χ2n) is 5.74. The number of nitro benzene ring substituents is 1. The molecule has 2 aromatic rings. The van der Waals surface area contributed by atoms with E-state index in [2.05, 4.69) is 5.32 Å². The molecule has 1 aliphatic rings. The van der Waals surface area contributed by atoms with Gasteiger partial charge in [0.2, 0.25) is 5.91 Å². The van der Waals surface area contributed by atoms with Gasteiger partial charge in [-0.2, -0.15) is 0 Å². The van der Waals surface area contributed by atoms with Crippen LogP contribution in [0.4, 0.5) is 15.8 Å². The summed E-state index contributed by atoms with van der Waals surface area (Å²) in [6, 6.07) is 5.50. The van der Waals surface area contributed by atoms with Crippen LogP contribution in [0.15, 0.2) is 30.3 Å². The molecule has 1 fully saturated rings. The molecule has 0 aliphatic heterocycles. The van der Waals surface area contributed by atoms with E-state index in [4.69, 9.17) is 23.2 Å². The first-order chi connectivity index (χ1) is 11.7. The molecular weight excluding hydrogens is 374 g/mol. The second kappa shape index (κ2) is 6.16. The highest BCUT2D eigenvalue weighted by atomic mass is 35.5. The predicted molar refractivity (Wildman–Crippen MR) is 90.7 cm³/mol. The first-order valence-electron chi connectivity index (χ1n) is 7.18. The fourth-order valence-corrected chi connectivity index (χ4v) is 3.53. The summed E-state index contributed by atoms with van der Waals surface area (Å²) in [5.41, 5.74) is -0.956. The number of nitro groups is 1. The average Bonchev–Trinajstić information content (AvgIpc) is 3.30. The maximum atomic E-state index is 13.0. The van der Waals surface area contributed by atoms with Crippen LogP contribution in [0.1, 0.15) is 18.4 Å². The van der Waals surface area contributed by atoms with Gasteiger partial charge in [0.15, 0.2) is 0 Å². The van der Waals surface area contributed by atoms with Crippen molar-refractivity contribution in [2.24, 2.45) is 0 Å². The molecule has 1 amide bonds. The van der Waals surface area contributed by atoms with Crippen LogP contribution in [0.3, 0.4) is 0 Å². The number of non-ortho nitro benzene ring substituents is 1. The lowest BCUT2D eigenvalue weighted by Crippen LogP contribution is -2.28. The van der Waals surface area contributed by atoms with E-state index in [1.807, 2.05) is 0 Å². The number of nitrogens with one attached hydrogen (secondary N) is 1. The Morgan fingerprint density at radius 2 is 1.84 bits per heavy atom. The Labute approximate surface area is 151 Å². The third-order valence-corrected chi connectivity index (χ3v) is 4.71. The number of benzene rings is 2. The Kier molecular flexibility index (Phi) is 4.30. The largest absolute Gasteiger partial charge is 0.506 e. The minimum Gasteiger partial charge on any atom is -0.506 e. The van der Waals surface area contributed by atoms with E-state index in [1.54, 1.807) is 0 Å². The Bertz CT molecular complexity index is 877. The summed E-state index contributed by atoms with van der Waals surface area (Å²) in [5.74, 6) is -1.53. The van der Waals surface area contributed by atoms with E-state index in [1.165, 1.54) is 6.07 Å². The lowest BCUT2D eigenvalue weighted by atomic mass is 9.94. The van der Waals surface area contributed by atoms with Gasteiger partial charge in [0.1, 0.15) is 11.6 Å². The standard InChI is InChI=1S/C16H11Cl2FN2O4/c17-10-6-9(21(24)25)7-11(18)14(10)16(3-4-16)15(23)20-12-2-1-8(19)5-13(12)22/h1-2,5-7,22H,3-4H2,(H,20,23). The zero-order chi connectivity index (χ0) is 18.4. The van der Waals surface area contributed by atoms with Crippen LogP contribution in [0.2, 0.25) is 10.0 Å². The van der Waals surface area contributed by atoms with Gasteiger partial charge in [0.25, 0.3) is 5.69 Å². The molecule has 0 spiro atoms. The van der Waals surface area contributed by atoms with Crippen molar-refractivity contribution in [1.29, 1.82) is 0 Å². The van der Waals surface area contributed by atoms with E-state index in [-0.39, 0.29) is 21.4 Å². The number of carbonyl (C=O) groups excluding carboxylic acids is 1. The quantitative estimate of drug-likeness (QED) is 0.463. The maximum absolute atomic E-state index is 13.0. The molecule has 3 rings (SSSR count). The van der Waals surface area contributed by atoms with Gasteiger partial charge in [0, 0.05) is 23.8 Å². The number of rotatable bonds is 4. The average molecular weight is 385 g/mol. The number of carbonyl (C=O) groups is 1. The van der Waals surface area contributed by atoms with Gasteiger partial charge in [-0.3, -0.25) is 14.9 Å². The number of phenolic OH excluding ortho intramolecular Hbond substituents is 1. The van der Waals surface area contributed by atoms with E-state index in [0.717, 1.165) is 24.3 Å². The Morgan fingerprint density at radius 1 is 1.24 bits per heavy atom. The van der Waals surface area contributed by atoms with E-state index in [0.29, 0.717) is 18.4 Å². The lowest BCUT2D eigenvalue weighted by molar-refractivity contribution is -0.384. The van der Waals surface area contributed by atoms with Gasteiger partial charge in [-0.15, -0.1) is 0 Å². The van der Waals surface area contributed by atoms with Crippen LogP contribution in [-0.2, 0) is 10.2 Å². The van der Waals surface area contributed by atoms with Crippen molar-refractivity contribution in [3.8, 4) is 5.75 Å². The Balaban J connectivity index is 1.94. The molecule has 2 aromatic carbocycles.